The van der Waals surface area contributed by atoms with Gasteiger partial charge in [0.05, 0.1) is 25.2 Å². The highest BCUT2D eigenvalue weighted by Crippen LogP contribution is 2.30. The fraction of sp³-hybridized carbons (Fsp3) is 0.111. The Labute approximate surface area is 281 Å². The third kappa shape index (κ3) is 9.09. The van der Waals surface area contributed by atoms with Gasteiger partial charge in [0.25, 0.3) is 11.8 Å². The van der Waals surface area contributed by atoms with Crippen LogP contribution in [0.1, 0.15) is 22.8 Å². The average molecular weight is 665 g/mol. The maximum atomic E-state index is 13.5. The third-order valence-electron chi connectivity index (χ3n) is 6.83. The molecule has 0 fully saturated rings. The Hall–Kier alpha value is -5.39. The summed E-state index contributed by atoms with van der Waals surface area (Å²) in [7, 11) is 3.18. The number of amides is 3. The van der Waals surface area contributed by atoms with Gasteiger partial charge in [-0.15, -0.1) is 23.1 Å². The molecule has 0 aliphatic carbocycles. The van der Waals surface area contributed by atoms with Crippen LogP contribution >= 0.6 is 23.1 Å². The number of nitrogens with zero attached hydrogens (tertiary/aromatic N) is 1. The van der Waals surface area contributed by atoms with Crippen molar-refractivity contribution in [2.24, 2.45) is 0 Å². The number of aromatic nitrogens is 1. The molecule has 0 radical (unpaired) electrons. The van der Waals surface area contributed by atoms with Crippen molar-refractivity contribution in [3.63, 3.8) is 0 Å². The largest absolute Gasteiger partial charge is 0.497 e. The van der Waals surface area contributed by atoms with Gasteiger partial charge in [-0.05, 0) is 73.2 Å². The predicted molar refractivity (Wildman–Crippen MR) is 188 cm³/mol. The Bertz CT molecular complexity index is 1890. The van der Waals surface area contributed by atoms with Crippen molar-refractivity contribution < 1.29 is 23.9 Å². The number of carbonyl (C=O) groups excluding carboxylic acids is 3. The van der Waals surface area contributed by atoms with Gasteiger partial charge in [-0.1, -0.05) is 48.5 Å². The van der Waals surface area contributed by atoms with E-state index in [0.29, 0.717) is 27.7 Å². The standard InChI is InChI=1S/C36H32N4O5S2/c1-23(33(41)40-36-39-32(22-46-36)26-11-7-13-29(20-26)45-3)47-30-14-8-12-27(21-30)37-35(43)31(19-24-15-17-28(44-2)18-16-24)38-34(42)25-9-5-4-6-10-25/h4-23H,1-3H3,(H,37,43)(H,38,42)(H,39,40,41)/b31-19+. The molecular formula is C36H32N4O5S2. The smallest absolute Gasteiger partial charge is 0.272 e. The molecule has 0 aliphatic heterocycles. The lowest BCUT2D eigenvalue weighted by atomic mass is 10.1. The highest BCUT2D eigenvalue weighted by Gasteiger charge is 2.18. The topological polar surface area (TPSA) is 119 Å². The van der Waals surface area contributed by atoms with Gasteiger partial charge in [-0.25, -0.2) is 4.98 Å². The first-order chi connectivity index (χ1) is 22.8. The second-order valence-electron chi connectivity index (χ2n) is 10.2. The van der Waals surface area contributed by atoms with Crippen molar-refractivity contribution in [2.75, 3.05) is 24.9 Å². The number of hydrogen-bond acceptors (Lipinski definition) is 8. The zero-order valence-corrected chi connectivity index (χ0v) is 27.5. The number of ether oxygens (including phenoxy) is 2. The number of nitrogens with one attached hydrogen (secondary N) is 3. The summed E-state index contributed by atoms with van der Waals surface area (Å²) in [6.07, 6.45) is 1.60. The van der Waals surface area contributed by atoms with Crippen molar-refractivity contribution >= 4 is 57.7 Å². The molecule has 238 valence electrons. The zero-order valence-electron chi connectivity index (χ0n) is 25.9. The molecule has 47 heavy (non-hydrogen) atoms. The molecule has 1 unspecified atom stereocenters. The third-order valence-corrected chi connectivity index (χ3v) is 8.68. The van der Waals surface area contributed by atoms with E-state index < -0.39 is 17.1 Å². The second-order valence-corrected chi connectivity index (χ2v) is 12.4. The van der Waals surface area contributed by atoms with Gasteiger partial charge in [0.15, 0.2) is 5.13 Å². The Morgan fingerprint density at radius 3 is 2.32 bits per heavy atom. The van der Waals surface area contributed by atoms with E-state index in [1.807, 2.05) is 41.8 Å². The fourth-order valence-electron chi connectivity index (χ4n) is 4.37. The maximum absolute atomic E-state index is 13.5. The molecule has 5 aromatic rings. The number of carbonyl (C=O) groups is 3. The average Bonchev–Trinajstić information content (AvgIpc) is 3.57. The minimum atomic E-state index is -0.506. The van der Waals surface area contributed by atoms with Crippen LogP contribution in [0.25, 0.3) is 17.3 Å². The molecule has 0 spiro atoms. The van der Waals surface area contributed by atoms with E-state index in [0.717, 1.165) is 21.9 Å². The monoisotopic (exact) mass is 664 g/mol. The summed E-state index contributed by atoms with van der Waals surface area (Å²) in [4.78, 5) is 44.8. The minimum absolute atomic E-state index is 0.0617. The Morgan fingerprint density at radius 2 is 1.57 bits per heavy atom. The number of hydrogen-bond donors (Lipinski definition) is 3. The molecule has 0 bridgehead atoms. The fourth-order valence-corrected chi connectivity index (χ4v) is 6.01. The van der Waals surface area contributed by atoms with Gasteiger partial charge in [-0.2, -0.15) is 0 Å². The van der Waals surface area contributed by atoms with E-state index in [1.165, 1.54) is 23.1 Å². The van der Waals surface area contributed by atoms with Crippen LogP contribution in [0.2, 0.25) is 0 Å². The number of methoxy groups -OCH3 is 2. The van der Waals surface area contributed by atoms with E-state index in [-0.39, 0.29) is 11.6 Å². The molecule has 9 nitrogen and oxygen atoms in total. The minimum Gasteiger partial charge on any atom is -0.497 e. The van der Waals surface area contributed by atoms with Crippen LogP contribution in [0.4, 0.5) is 10.8 Å². The van der Waals surface area contributed by atoms with Crippen molar-refractivity contribution in [1.29, 1.82) is 0 Å². The lowest BCUT2D eigenvalue weighted by Crippen LogP contribution is -2.30. The Morgan fingerprint density at radius 1 is 0.830 bits per heavy atom. The number of anilines is 2. The normalized spacial score (nSPS) is 11.7. The molecule has 3 N–H and O–H groups in total. The van der Waals surface area contributed by atoms with Crippen LogP contribution in [0.3, 0.4) is 0 Å². The van der Waals surface area contributed by atoms with Crippen molar-refractivity contribution in [3.8, 4) is 22.8 Å². The van der Waals surface area contributed by atoms with E-state index >= 15 is 0 Å². The van der Waals surface area contributed by atoms with Gasteiger partial charge in [0.2, 0.25) is 5.91 Å². The molecule has 1 heterocycles. The quantitative estimate of drug-likeness (QED) is 0.0943. The molecule has 0 saturated heterocycles. The van der Waals surface area contributed by atoms with Crippen LogP contribution in [0.5, 0.6) is 11.5 Å². The van der Waals surface area contributed by atoms with Gasteiger partial charge in [0.1, 0.15) is 17.2 Å². The summed E-state index contributed by atoms with van der Waals surface area (Å²) in [5.74, 6) is 0.271. The van der Waals surface area contributed by atoms with E-state index in [4.69, 9.17) is 9.47 Å². The van der Waals surface area contributed by atoms with Crippen molar-refractivity contribution in [1.82, 2.24) is 10.3 Å². The van der Waals surface area contributed by atoms with Gasteiger partial charge in [0, 0.05) is 27.1 Å². The highest BCUT2D eigenvalue weighted by atomic mass is 32.2. The highest BCUT2D eigenvalue weighted by molar-refractivity contribution is 8.00. The Kier molecular flexibility index (Phi) is 11.1. The SMILES string of the molecule is COc1ccc(/C=C(/NC(=O)c2ccccc2)C(=O)Nc2cccc(SC(C)C(=O)Nc3nc(-c4cccc(OC)c4)cs3)c2)cc1. The van der Waals surface area contributed by atoms with Crippen LogP contribution < -0.4 is 25.4 Å². The van der Waals surface area contributed by atoms with Crippen LogP contribution in [-0.2, 0) is 9.59 Å². The summed E-state index contributed by atoms with van der Waals surface area (Å²) in [5.41, 5.74) is 3.32. The maximum Gasteiger partial charge on any atom is 0.272 e. The molecule has 11 heteroatoms. The summed E-state index contributed by atoms with van der Waals surface area (Å²) in [6, 6.07) is 30.5. The molecule has 1 aromatic heterocycles. The molecule has 3 amide bonds. The second kappa shape index (κ2) is 15.7. The van der Waals surface area contributed by atoms with Gasteiger partial charge in [-0.3, -0.25) is 14.4 Å². The van der Waals surface area contributed by atoms with E-state index in [1.54, 1.807) is 93.9 Å². The van der Waals surface area contributed by atoms with Gasteiger partial charge < -0.3 is 25.4 Å². The predicted octanol–water partition coefficient (Wildman–Crippen LogP) is 7.36. The molecule has 5 rings (SSSR count). The van der Waals surface area contributed by atoms with Crippen LogP contribution in [-0.4, -0.2) is 42.2 Å². The summed E-state index contributed by atoms with van der Waals surface area (Å²) >= 11 is 2.69. The van der Waals surface area contributed by atoms with E-state index in [2.05, 4.69) is 20.9 Å². The van der Waals surface area contributed by atoms with Crippen molar-refractivity contribution in [3.05, 3.63) is 125 Å². The summed E-state index contributed by atoms with van der Waals surface area (Å²) in [6.45, 7) is 1.80. The Balaban J connectivity index is 1.25. The number of benzene rings is 4. The van der Waals surface area contributed by atoms with Crippen LogP contribution in [0.15, 0.2) is 119 Å². The zero-order chi connectivity index (χ0) is 33.2. The molecule has 0 aliphatic rings. The first kappa shape index (κ1) is 33.0. The van der Waals surface area contributed by atoms with E-state index in [9.17, 15) is 14.4 Å². The molecule has 4 aromatic carbocycles. The first-order valence-corrected chi connectivity index (χ1v) is 16.3. The summed E-state index contributed by atoms with van der Waals surface area (Å²) < 4.78 is 10.5. The lowest BCUT2D eigenvalue weighted by molar-refractivity contribution is -0.115. The summed E-state index contributed by atoms with van der Waals surface area (Å²) in [5, 5.41) is 10.4. The molecular weight excluding hydrogens is 633 g/mol. The lowest BCUT2D eigenvalue weighted by Gasteiger charge is -2.14. The molecule has 0 saturated carbocycles. The number of thiazole rings is 1. The van der Waals surface area contributed by atoms with Crippen LogP contribution in [0, 0.1) is 0 Å². The first-order valence-electron chi connectivity index (χ1n) is 14.5. The molecule has 1 atom stereocenters. The van der Waals surface area contributed by atoms with Gasteiger partial charge >= 0.3 is 0 Å². The van der Waals surface area contributed by atoms with Crippen molar-refractivity contribution in [2.45, 2.75) is 17.1 Å². The number of thioether (sulfide) groups is 1. The number of rotatable bonds is 12.